The first-order valence-corrected chi connectivity index (χ1v) is 9.09. The molecule has 0 fully saturated rings. The van der Waals surface area contributed by atoms with Crippen LogP contribution >= 0.6 is 11.6 Å². The quantitative estimate of drug-likeness (QED) is 0.797. The predicted molar refractivity (Wildman–Crippen MR) is 99.5 cm³/mol. The van der Waals surface area contributed by atoms with Crippen molar-refractivity contribution in [1.82, 2.24) is 0 Å². The van der Waals surface area contributed by atoms with Gasteiger partial charge >= 0.3 is 0 Å². The zero-order valence-electron chi connectivity index (χ0n) is 14.7. The van der Waals surface area contributed by atoms with E-state index in [4.69, 9.17) is 21.1 Å². The number of halogens is 1. The number of Topliss-reactive ketones (excluding diaryl/α,β-unsaturated/α-hetero) is 1. The normalized spacial score (nSPS) is 20.1. The summed E-state index contributed by atoms with van der Waals surface area (Å²) < 4.78 is 10.5. The largest absolute Gasteiger partial charge is 0.454 e. The molecule has 2 aromatic rings. The summed E-state index contributed by atoms with van der Waals surface area (Å²) in [6.07, 6.45) is 0.346. The lowest BCUT2D eigenvalue weighted by Crippen LogP contribution is -2.42. The van der Waals surface area contributed by atoms with Gasteiger partial charge in [-0.25, -0.2) is 0 Å². The minimum absolute atomic E-state index is 0.104. The Kier molecular flexibility index (Phi) is 4.32. The molecule has 0 saturated heterocycles. The van der Waals surface area contributed by atoms with Crippen molar-refractivity contribution in [3.63, 3.8) is 0 Å². The summed E-state index contributed by atoms with van der Waals surface area (Å²) in [6, 6.07) is 9.73. The van der Waals surface area contributed by atoms with Crippen molar-refractivity contribution >= 4 is 29.0 Å². The van der Waals surface area contributed by atoms with E-state index in [2.05, 4.69) is 0 Å². The smallest absolute Gasteiger partial charge is 0.264 e. The molecule has 2 aromatic carbocycles. The van der Waals surface area contributed by atoms with Crippen molar-refractivity contribution in [2.75, 3.05) is 18.2 Å². The highest BCUT2D eigenvalue weighted by molar-refractivity contribution is 6.31. The van der Waals surface area contributed by atoms with Crippen LogP contribution in [0.2, 0.25) is 5.02 Å². The number of carbonyl (C=O) groups excluding carboxylic acids is 2. The molecule has 0 bridgehead atoms. The molecule has 2 heterocycles. The number of aliphatic hydroxyl groups is 1. The summed E-state index contributed by atoms with van der Waals surface area (Å²) in [7, 11) is 0. The molecule has 2 aliphatic rings. The van der Waals surface area contributed by atoms with Gasteiger partial charge in [0.15, 0.2) is 22.9 Å². The molecule has 1 N–H and O–H groups in total. The molecular weight excluding hydrogens is 370 g/mol. The van der Waals surface area contributed by atoms with Crippen LogP contribution in [0.3, 0.4) is 0 Å². The first-order chi connectivity index (χ1) is 12.9. The van der Waals surface area contributed by atoms with Gasteiger partial charge in [-0.05, 0) is 42.8 Å². The number of hydrogen-bond donors (Lipinski definition) is 1. The molecule has 4 rings (SSSR count). The zero-order chi connectivity index (χ0) is 19.2. The van der Waals surface area contributed by atoms with Gasteiger partial charge in [0.25, 0.3) is 5.91 Å². The Bertz CT molecular complexity index is 944. The third-order valence-electron chi connectivity index (χ3n) is 4.85. The summed E-state index contributed by atoms with van der Waals surface area (Å²) in [5.74, 6) is 0.166. The number of carbonyl (C=O) groups is 2. The summed E-state index contributed by atoms with van der Waals surface area (Å²) in [5, 5.41) is 11.6. The molecule has 2 aliphatic heterocycles. The van der Waals surface area contributed by atoms with Gasteiger partial charge in [0.2, 0.25) is 6.79 Å². The maximum Gasteiger partial charge on any atom is 0.264 e. The fourth-order valence-corrected chi connectivity index (χ4v) is 3.72. The second-order valence-electron chi connectivity index (χ2n) is 6.65. The van der Waals surface area contributed by atoms with Gasteiger partial charge < -0.3 is 19.5 Å². The van der Waals surface area contributed by atoms with Gasteiger partial charge in [0.05, 0.1) is 12.1 Å². The molecule has 1 atom stereocenters. The van der Waals surface area contributed by atoms with Gasteiger partial charge in [-0.15, -0.1) is 0 Å². The minimum atomic E-state index is -1.94. The van der Waals surface area contributed by atoms with Gasteiger partial charge in [-0.1, -0.05) is 18.5 Å². The Morgan fingerprint density at radius 2 is 2.00 bits per heavy atom. The maximum atomic E-state index is 13.0. The predicted octanol–water partition coefficient (Wildman–Crippen LogP) is 3.29. The van der Waals surface area contributed by atoms with E-state index in [1.807, 2.05) is 6.92 Å². The molecule has 1 amide bonds. The number of nitrogens with zero attached hydrogens (tertiary/aromatic N) is 1. The van der Waals surface area contributed by atoms with E-state index >= 15 is 0 Å². The van der Waals surface area contributed by atoms with Gasteiger partial charge in [-0.2, -0.15) is 0 Å². The Balaban J connectivity index is 1.69. The molecule has 7 heteroatoms. The zero-order valence-corrected chi connectivity index (χ0v) is 15.5. The third kappa shape index (κ3) is 2.85. The second kappa shape index (κ2) is 6.55. The number of anilines is 1. The van der Waals surface area contributed by atoms with E-state index < -0.39 is 11.5 Å². The highest BCUT2D eigenvalue weighted by atomic mass is 35.5. The van der Waals surface area contributed by atoms with E-state index in [1.165, 1.54) is 4.90 Å². The fraction of sp³-hybridized carbons (Fsp3) is 0.300. The minimum Gasteiger partial charge on any atom is -0.454 e. The average molecular weight is 388 g/mol. The molecule has 27 heavy (non-hydrogen) atoms. The molecule has 0 radical (unpaired) electrons. The monoisotopic (exact) mass is 387 g/mol. The topological polar surface area (TPSA) is 76.1 Å². The lowest BCUT2D eigenvalue weighted by molar-refractivity contribution is -0.135. The van der Waals surface area contributed by atoms with Gasteiger partial charge in [0.1, 0.15) is 0 Å². The summed E-state index contributed by atoms with van der Waals surface area (Å²) in [5.41, 5.74) is -0.643. The number of fused-ring (bicyclic) bond motifs is 2. The molecule has 0 aromatic heterocycles. The highest BCUT2D eigenvalue weighted by Crippen LogP contribution is 2.44. The standard InChI is InChI=1S/C20H18ClNO5/c1-2-7-22-15-5-4-13(21)9-14(15)20(25,19(22)24)10-16(23)12-3-6-17-18(8-12)27-11-26-17/h3-6,8-9,25H,2,7,10-11H2,1H3/t20-/m1/s1. The van der Waals surface area contributed by atoms with Crippen molar-refractivity contribution in [3.05, 3.63) is 52.5 Å². The second-order valence-corrected chi connectivity index (χ2v) is 7.08. The Hall–Kier alpha value is -2.57. The van der Waals surface area contributed by atoms with Crippen molar-refractivity contribution in [2.24, 2.45) is 0 Å². The molecule has 0 aliphatic carbocycles. The van der Waals surface area contributed by atoms with Crippen LogP contribution in [0.15, 0.2) is 36.4 Å². The number of ether oxygens (including phenoxy) is 2. The Morgan fingerprint density at radius 1 is 1.22 bits per heavy atom. The molecule has 0 unspecified atom stereocenters. The van der Waals surface area contributed by atoms with E-state index in [-0.39, 0.29) is 19.0 Å². The van der Waals surface area contributed by atoms with Crippen molar-refractivity contribution in [1.29, 1.82) is 0 Å². The highest BCUT2D eigenvalue weighted by Gasteiger charge is 2.50. The molecule has 6 nitrogen and oxygen atoms in total. The lowest BCUT2D eigenvalue weighted by Gasteiger charge is -2.22. The first kappa shape index (κ1) is 17.8. The SMILES string of the molecule is CCCN1C(=O)[C@@](O)(CC(=O)c2ccc3c(c2)OCO3)c2cc(Cl)ccc21. The van der Waals surface area contributed by atoms with Crippen LogP contribution < -0.4 is 14.4 Å². The van der Waals surface area contributed by atoms with Crippen LogP contribution in [0.5, 0.6) is 11.5 Å². The van der Waals surface area contributed by atoms with Crippen LogP contribution in [0, 0.1) is 0 Å². The van der Waals surface area contributed by atoms with Crippen LogP contribution in [-0.4, -0.2) is 30.1 Å². The Morgan fingerprint density at radius 3 is 2.78 bits per heavy atom. The number of rotatable bonds is 5. The van der Waals surface area contributed by atoms with E-state index in [1.54, 1.807) is 36.4 Å². The van der Waals surface area contributed by atoms with Crippen molar-refractivity contribution in [2.45, 2.75) is 25.4 Å². The van der Waals surface area contributed by atoms with Crippen molar-refractivity contribution < 1.29 is 24.2 Å². The van der Waals surface area contributed by atoms with Gasteiger partial charge in [0, 0.05) is 22.7 Å². The third-order valence-corrected chi connectivity index (χ3v) is 5.09. The molecule has 140 valence electrons. The number of hydrogen-bond acceptors (Lipinski definition) is 5. The summed E-state index contributed by atoms with van der Waals surface area (Å²) in [4.78, 5) is 27.3. The summed E-state index contributed by atoms with van der Waals surface area (Å²) in [6.45, 7) is 2.50. The van der Waals surface area contributed by atoms with Crippen LogP contribution in [0.25, 0.3) is 0 Å². The van der Waals surface area contributed by atoms with Gasteiger partial charge in [-0.3, -0.25) is 9.59 Å². The summed E-state index contributed by atoms with van der Waals surface area (Å²) >= 11 is 6.08. The van der Waals surface area contributed by atoms with E-state index in [0.29, 0.717) is 39.9 Å². The van der Waals surface area contributed by atoms with Crippen LogP contribution in [0.1, 0.15) is 35.7 Å². The Labute approximate surface area is 161 Å². The fourth-order valence-electron chi connectivity index (χ4n) is 3.54. The van der Waals surface area contributed by atoms with Crippen molar-refractivity contribution in [3.8, 4) is 11.5 Å². The number of ketones is 1. The number of amides is 1. The number of benzene rings is 2. The van der Waals surface area contributed by atoms with Crippen LogP contribution in [-0.2, 0) is 10.4 Å². The van der Waals surface area contributed by atoms with Crippen LogP contribution in [0.4, 0.5) is 5.69 Å². The lowest BCUT2D eigenvalue weighted by atomic mass is 9.88. The average Bonchev–Trinajstić information content (AvgIpc) is 3.19. The van der Waals surface area contributed by atoms with E-state index in [9.17, 15) is 14.7 Å². The molecular formula is C20H18ClNO5. The molecule has 0 saturated carbocycles. The maximum absolute atomic E-state index is 13.0. The van der Waals surface area contributed by atoms with E-state index in [0.717, 1.165) is 6.42 Å². The molecule has 0 spiro atoms. The first-order valence-electron chi connectivity index (χ1n) is 8.71.